The van der Waals surface area contributed by atoms with Gasteiger partial charge in [0.15, 0.2) is 5.96 Å². The normalized spacial score (nSPS) is 12.9. The molecule has 1 aromatic carbocycles. The first-order chi connectivity index (χ1) is 12.8. The van der Waals surface area contributed by atoms with Crippen LogP contribution in [0.3, 0.4) is 0 Å². The summed E-state index contributed by atoms with van der Waals surface area (Å²) in [5.41, 5.74) is 0.560. The Morgan fingerprint density at radius 2 is 1.82 bits per heavy atom. The van der Waals surface area contributed by atoms with Gasteiger partial charge in [-0.3, -0.25) is 14.7 Å². The van der Waals surface area contributed by atoms with E-state index in [9.17, 15) is 4.79 Å². The van der Waals surface area contributed by atoms with Crippen LogP contribution in [0.2, 0.25) is 5.02 Å². The van der Waals surface area contributed by atoms with Crippen LogP contribution >= 0.6 is 35.6 Å². The summed E-state index contributed by atoms with van der Waals surface area (Å²) < 4.78 is 0. The van der Waals surface area contributed by atoms with Crippen molar-refractivity contribution in [3.8, 4) is 0 Å². The first-order valence-electron chi connectivity index (χ1n) is 9.45. The fourth-order valence-corrected chi connectivity index (χ4v) is 3.24. The number of carbonyl (C=O) groups is 1. The number of guanidine groups is 1. The van der Waals surface area contributed by atoms with Crippen molar-refractivity contribution >= 4 is 47.4 Å². The van der Waals surface area contributed by atoms with Crippen molar-refractivity contribution in [3.05, 3.63) is 34.9 Å². The molecule has 0 heterocycles. The molecule has 28 heavy (non-hydrogen) atoms. The minimum atomic E-state index is -0.534. The maximum atomic E-state index is 12.0. The number of rotatable bonds is 9. The smallest absolute Gasteiger partial charge is 0.227 e. The van der Waals surface area contributed by atoms with Crippen LogP contribution in [0, 0.1) is 5.41 Å². The van der Waals surface area contributed by atoms with Crippen LogP contribution in [0.4, 0.5) is 0 Å². The van der Waals surface area contributed by atoms with Crippen molar-refractivity contribution in [3.63, 3.8) is 0 Å². The number of hydrogen-bond donors (Lipinski definition) is 3. The maximum Gasteiger partial charge on any atom is 0.227 e. The monoisotopic (exact) mass is 523 g/mol. The van der Waals surface area contributed by atoms with Gasteiger partial charge in [0.25, 0.3) is 0 Å². The molecule has 0 fully saturated rings. The molecule has 0 aromatic heterocycles. The Labute approximate surface area is 191 Å². The highest BCUT2D eigenvalue weighted by Crippen LogP contribution is 2.26. The van der Waals surface area contributed by atoms with Crippen molar-refractivity contribution in [1.82, 2.24) is 20.9 Å². The number of carbonyl (C=O) groups excluding carboxylic acids is 1. The lowest BCUT2D eigenvalue weighted by Crippen LogP contribution is -2.48. The predicted octanol–water partition coefficient (Wildman–Crippen LogP) is 3.28. The molecule has 0 radical (unpaired) electrons. The second kappa shape index (κ2) is 13.2. The summed E-state index contributed by atoms with van der Waals surface area (Å²) in [5, 5.41) is 10.1. The van der Waals surface area contributed by atoms with Crippen molar-refractivity contribution in [1.29, 1.82) is 0 Å². The van der Waals surface area contributed by atoms with Crippen LogP contribution in [0.1, 0.15) is 39.3 Å². The van der Waals surface area contributed by atoms with Gasteiger partial charge < -0.3 is 16.0 Å². The van der Waals surface area contributed by atoms with Crippen LogP contribution < -0.4 is 16.0 Å². The van der Waals surface area contributed by atoms with Crippen molar-refractivity contribution in [2.24, 2.45) is 10.4 Å². The average molecular weight is 524 g/mol. The molecule has 6 nitrogen and oxygen atoms in total. The number of nitrogens with one attached hydrogen (secondary N) is 3. The van der Waals surface area contributed by atoms with E-state index in [1.165, 1.54) is 0 Å². The lowest BCUT2D eigenvalue weighted by Gasteiger charge is -2.31. The third-order valence-electron chi connectivity index (χ3n) is 4.74. The van der Waals surface area contributed by atoms with Gasteiger partial charge in [-0.05, 0) is 38.6 Å². The molecule has 0 saturated carbocycles. The van der Waals surface area contributed by atoms with E-state index in [4.69, 9.17) is 11.6 Å². The molecule has 1 aromatic rings. The topological polar surface area (TPSA) is 68.8 Å². The standard InChI is InChI=1S/C20H34ClN5O.HI/c1-7-26(8-2)17(15-11-9-10-12-16(15)21)13-24-19(23-6)25-14-20(3,4)18(27)22-5;/h9-12,17H,7-8,13-14H2,1-6H3,(H,22,27)(H2,23,24,25);1H. The fraction of sp³-hybridized carbons (Fsp3) is 0.600. The summed E-state index contributed by atoms with van der Waals surface area (Å²) in [7, 11) is 3.37. The number of benzene rings is 1. The van der Waals surface area contributed by atoms with E-state index in [0.717, 1.165) is 23.7 Å². The van der Waals surface area contributed by atoms with Crippen LogP contribution in [0.5, 0.6) is 0 Å². The summed E-state index contributed by atoms with van der Waals surface area (Å²) in [6, 6.07) is 8.07. The highest BCUT2D eigenvalue weighted by Gasteiger charge is 2.27. The molecule has 0 aliphatic heterocycles. The number of halogens is 2. The van der Waals surface area contributed by atoms with Crippen LogP contribution in [-0.2, 0) is 4.79 Å². The van der Waals surface area contributed by atoms with Gasteiger partial charge in [0.1, 0.15) is 0 Å². The molecule has 3 N–H and O–H groups in total. The number of hydrogen-bond acceptors (Lipinski definition) is 3. The summed E-state index contributed by atoms with van der Waals surface area (Å²) in [6.07, 6.45) is 0. The third-order valence-corrected chi connectivity index (χ3v) is 5.09. The number of likely N-dealkylation sites (N-methyl/N-ethyl adjacent to an activating group) is 1. The summed E-state index contributed by atoms with van der Waals surface area (Å²) in [4.78, 5) is 18.6. The van der Waals surface area contributed by atoms with Crippen molar-refractivity contribution in [2.45, 2.75) is 33.7 Å². The molecule has 0 aliphatic rings. The molecular weight excluding hydrogens is 489 g/mol. The molecule has 1 unspecified atom stereocenters. The number of amides is 1. The molecule has 0 aliphatic carbocycles. The average Bonchev–Trinajstić information content (AvgIpc) is 2.67. The Balaban J connectivity index is 0.00000729. The fourth-order valence-electron chi connectivity index (χ4n) is 2.98. The van der Waals surface area contributed by atoms with E-state index in [-0.39, 0.29) is 35.9 Å². The van der Waals surface area contributed by atoms with Gasteiger partial charge in [-0.1, -0.05) is 43.6 Å². The van der Waals surface area contributed by atoms with E-state index in [2.05, 4.69) is 45.8 Å². The van der Waals surface area contributed by atoms with Gasteiger partial charge in [-0.25, -0.2) is 0 Å². The minimum absolute atomic E-state index is 0. The Hall–Kier alpha value is -1.06. The van der Waals surface area contributed by atoms with Crippen LogP contribution in [-0.4, -0.2) is 57.0 Å². The van der Waals surface area contributed by atoms with Gasteiger partial charge in [0, 0.05) is 32.2 Å². The summed E-state index contributed by atoms with van der Waals surface area (Å²) >= 11 is 6.45. The lowest BCUT2D eigenvalue weighted by molar-refractivity contribution is -0.128. The van der Waals surface area contributed by atoms with E-state index < -0.39 is 5.41 Å². The minimum Gasteiger partial charge on any atom is -0.359 e. The predicted molar refractivity (Wildman–Crippen MR) is 130 cm³/mol. The van der Waals surface area contributed by atoms with Gasteiger partial charge in [0.2, 0.25) is 5.91 Å². The van der Waals surface area contributed by atoms with Gasteiger partial charge in [-0.15, -0.1) is 24.0 Å². The van der Waals surface area contributed by atoms with Gasteiger partial charge in [-0.2, -0.15) is 0 Å². The zero-order valence-corrected chi connectivity index (χ0v) is 20.9. The lowest BCUT2D eigenvalue weighted by atomic mass is 9.92. The Morgan fingerprint density at radius 1 is 1.21 bits per heavy atom. The van der Waals surface area contributed by atoms with E-state index in [1.807, 2.05) is 32.0 Å². The van der Waals surface area contributed by atoms with Crippen LogP contribution in [0.15, 0.2) is 29.3 Å². The van der Waals surface area contributed by atoms with Gasteiger partial charge in [0.05, 0.1) is 11.5 Å². The molecule has 1 atom stereocenters. The first-order valence-corrected chi connectivity index (χ1v) is 9.83. The zero-order chi connectivity index (χ0) is 20.4. The highest BCUT2D eigenvalue weighted by molar-refractivity contribution is 14.0. The summed E-state index contributed by atoms with van der Waals surface area (Å²) in [6.45, 7) is 11.1. The second-order valence-electron chi connectivity index (χ2n) is 7.03. The maximum absolute atomic E-state index is 12.0. The molecule has 8 heteroatoms. The first kappa shape index (κ1) is 26.9. The molecule has 0 saturated heterocycles. The molecule has 160 valence electrons. The number of aliphatic imine (C=N–C) groups is 1. The van der Waals surface area contributed by atoms with E-state index >= 15 is 0 Å². The van der Waals surface area contributed by atoms with Crippen LogP contribution in [0.25, 0.3) is 0 Å². The quantitative estimate of drug-likeness (QED) is 0.264. The third kappa shape index (κ3) is 7.75. The Kier molecular flexibility index (Phi) is 12.7. The SMILES string of the molecule is CCN(CC)C(CNC(=NC)NCC(C)(C)C(=O)NC)c1ccccc1Cl.I. The molecular formula is C20H35ClIN5O. The van der Waals surface area contributed by atoms with Crippen molar-refractivity contribution < 1.29 is 4.79 Å². The number of nitrogens with zero attached hydrogens (tertiary/aromatic N) is 2. The summed E-state index contributed by atoms with van der Waals surface area (Å²) in [5.74, 6) is 0.652. The Bertz CT molecular complexity index is 635. The zero-order valence-electron chi connectivity index (χ0n) is 17.8. The molecule has 1 amide bonds. The Morgan fingerprint density at radius 3 is 2.32 bits per heavy atom. The molecule has 0 bridgehead atoms. The molecule has 0 spiro atoms. The van der Waals surface area contributed by atoms with E-state index in [1.54, 1.807) is 14.1 Å². The largest absolute Gasteiger partial charge is 0.359 e. The second-order valence-corrected chi connectivity index (χ2v) is 7.44. The van der Waals surface area contributed by atoms with Crippen molar-refractivity contribution in [2.75, 3.05) is 40.3 Å². The van der Waals surface area contributed by atoms with E-state index in [0.29, 0.717) is 19.0 Å². The highest BCUT2D eigenvalue weighted by atomic mass is 127. The van der Waals surface area contributed by atoms with Gasteiger partial charge >= 0.3 is 0 Å². The molecule has 1 rings (SSSR count).